The topological polar surface area (TPSA) is 70.1 Å². The second-order valence-electron chi connectivity index (χ2n) is 9.29. The van der Waals surface area contributed by atoms with Gasteiger partial charge in [-0.15, -0.1) is 0 Å². The standard InChI is InChI=1S/C28H29FN4O2/c29-23-13-11-22(12-14-23)27(34)30-16-24-15-10-21(18-32(24)17-20-6-2-1-3-7-20)19-33-26-9-5-4-8-25(26)31-28(33)35/h1-9,11-14,21,24H,10,15-19H2,(H,30,34)(H,31,35)/t21-,24-/m1/s1. The first kappa shape index (κ1) is 23.1. The lowest BCUT2D eigenvalue weighted by atomic mass is 9.91. The van der Waals surface area contributed by atoms with Gasteiger partial charge in [-0.3, -0.25) is 14.3 Å². The quantitative estimate of drug-likeness (QED) is 0.424. The van der Waals surface area contributed by atoms with Crippen LogP contribution in [0, 0.1) is 11.7 Å². The summed E-state index contributed by atoms with van der Waals surface area (Å²) in [6, 6.07) is 23.9. The molecule has 1 aliphatic heterocycles. The number of piperidine rings is 1. The number of halogens is 1. The van der Waals surface area contributed by atoms with Crippen LogP contribution in [0.4, 0.5) is 4.39 Å². The number of fused-ring (bicyclic) bond motifs is 1. The number of carbonyl (C=O) groups is 1. The second-order valence-corrected chi connectivity index (χ2v) is 9.29. The van der Waals surface area contributed by atoms with E-state index in [1.54, 1.807) is 0 Å². The minimum atomic E-state index is -0.358. The summed E-state index contributed by atoms with van der Waals surface area (Å²) in [6.45, 7) is 2.78. The molecule has 0 unspecified atom stereocenters. The SMILES string of the molecule is O=C(NC[C@H]1CC[C@@H](Cn2c(=O)[nH]c3ccccc32)CN1Cc1ccccc1)c1ccc(F)cc1. The molecular weight excluding hydrogens is 443 g/mol. The number of nitrogens with zero attached hydrogens (tertiary/aromatic N) is 2. The normalized spacial score (nSPS) is 18.5. The number of aromatic amines is 1. The zero-order valence-electron chi connectivity index (χ0n) is 19.5. The summed E-state index contributed by atoms with van der Waals surface area (Å²) in [6.07, 6.45) is 1.88. The number of H-pyrrole nitrogens is 1. The molecule has 5 rings (SSSR count). The van der Waals surface area contributed by atoms with Gasteiger partial charge in [0.05, 0.1) is 11.0 Å². The van der Waals surface area contributed by atoms with E-state index in [2.05, 4.69) is 27.3 Å². The van der Waals surface area contributed by atoms with Crippen molar-refractivity contribution in [3.8, 4) is 0 Å². The summed E-state index contributed by atoms with van der Waals surface area (Å²) in [7, 11) is 0. The minimum absolute atomic E-state index is 0.0745. The molecule has 1 fully saturated rings. The Balaban J connectivity index is 1.30. The largest absolute Gasteiger partial charge is 0.350 e. The van der Waals surface area contributed by atoms with Gasteiger partial charge in [-0.1, -0.05) is 42.5 Å². The number of likely N-dealkylation sites (tertiary alicyclic amines) is 1. The van der Waals surface area contributed by atoms with Gasteiger partial charge in [0.2, 0.25) is 0 Å². The highest BCUT2D eigenvalue weighted by Crippen LogP contribution is 2.26. The zero-order valence-corrected chi connectivity index (χ0v) is 19.5. The van der Waals surface area contributed by atoms with E-state index in [-0.39, 0.29) is 23.5 Å². The van der Waals surface area contributed by atoms with Gasteiger partial charge >= 0.3 is 5.69 Å². The van der Waals surface area contributed by atoms with Crippen LogP contribution in [0.2, 0.25) is 0 Å². The molecule has 1 aliphatic rings. The summed E-state index contributed by atoms with van der Waals surface area (Å²) in [4.78, 5) is 30.6. The van der Waals surface area contributed by atoms with E-state index in [9.17, 15) is 14.0 Å². The number of benzene rings is 3. The summed E-state index contributed by atoms with van der Waals surface area (Å²) >= 11 is 0. The number of nitrogens with one attached hydrogen (secondary N) is 2. The van der Waals surface area contributed by atoms with Gasteiger partial charge < -0.3 is 10.3 Å². The summed E-state index contributed by atoms with van der Waals surface area (Å²) in [5.41, 5.74) is 3.38. The van der Waals surface area contributed by atoms with E-state index in [1.807, 2.05) is 47.0 Å². The zero-order chi connectivity index (χ0) is 24.2. The van der Waals surface area contributed by atoms with Crippen molar-refractivity contribution in [1.82, 2.24) is 19.8 Å². The lowest BCUT2D eigenvalue weighted by molar-refractivity contribution is 0.0805. The van der Waals surface area contributed by atoms with Gasteiger partial charge in [0, 0.05) is 37.8 Å². The molecule has 0 spiro atoms. The number of para-hydroxylation sites is 2. The van der Waals surface area contributed by atoms with Gasteiger partial charge in [0.25, 0.3) is 5.91 Å². The van der Waals surface area contributed by atoms with E-state index < -0.39 is 0 Å². The predicted octanol–water partition coefficient (Wildman–Crippen LogP) is 4.18. The Morgan fingerprint density at radius 3 is 2.51 bits per heavy atom. The Kier molecular flexibility index (Phi) is 6.77. The molecular formula is C28H29FN4O2. The third-order valence-electron chi connectivity index (χ3n) is 6.87. The molecule has 2 atom stereocenters. The molecule has 0 aliphatic carbocycles. The monoisotopic (exact) mass is 472 g/mol. The molecule has 7 heteroatoms. The third-order valence-corrected chi connectivity index (χ3v) is 6.87. The smallest absolute Gasteiger partial charge is 0.326 e. The van der Waals surface area contributed by atoms with Crippen molar-refractivity contribution in [1.29, 1.82) is 0 Å². The van der Waals surface area contributed by atoms with Crippen LogP contribution in [0.25, 0.3) is 11.0 Å². The van der Waals surface area contributed by atoms with Crippen molar-refractivity contribution in [2.75, 3.05) is 13.1 Å². The van der Waals surface area contributed by atoms with Crippen LogP contribution in [0.5, 0.6) is 0 Å². The average molecular weight is 473 g/mol. The number of aromatic nitrogens is 2. The highest BCUT2D eigenvalue weighted by atomic mass is 19.1. The van der Waals surface area contributed by atoms with E-state index in [0.717, 1.165) is 37.0 Å². The van der Waals surface area contributed by atoms with Gasteiger partial charge in [-0.25, -0.2) is 9.18 Å². The van der Waals surface area contributed by atoms with Crippen LogP contribution in [-0.4, -0.2) is 39.5 Å². The maximum absolute atomic E-state index is 13.2. The van der Waals surface area contributed by atoms with Crippen LogP contribution >= 0.6 is 0 Å². The second kappa shape index (κ2) is 10.3. The van der Waals surface area contributed by atoms with Crippen molar-refractivity contribution in [3.05, 3.63) is 106 Å². The maximum Gasteiger partial charge on any atom is 0.326 e. The Bertz CT molecular complexity index is 1350. The molecule has 0 bridgehead atoms. The summed E-state index contributed by atoms with van der Waals surface area (Å²) in [5.74, 6) is -0.236. The van der Waals surface area contributed by atoms with E-state index >= 15 is 0 Å². The fourth-order valence-corrected chi connectivity index (χ4v) is 5.03. The molecule has 1 aromatic heterocycles. The molecule has 35 heavy (non-hydrogen) atoms. The maximum atomic E-state index is 13.2. The van der Waals surface area contributed by atoms with Crippen LogP contribution in [0.1, 0.15) is 28.8 Å². The first-order valence-corrected chi connectivity index (χ1v) is 12.1. The van der Waals surface area contributed by atoms with Crippen molar-refractivity contribution in [3.63, 3.8) is 0 Å². The van der Waals surface area contributed by atoms with E-state index in [0.29, 0.717) is 24.6 Å². The van der Waals surface area contributed by atoms with Gasteiger partial charge in [-0.05, 0) is 60.7 Å². The minimum Gasteiger partial charge on any atom is -0.350 e. The van der Waals surface area contributed by atoms with Crippen LogP contribution in [0.15, 0.2) is 83.7 Å². The van der Waals surface area contributed by atoms with Crippen LogP contribution in [0.3, 0.4) is 0 Å². The van der Waals surface area contributed by atoms with Crippen LogP contribution in [-0.2, 0) is 13.1 Å². The number of hydrogen-bond donors (Lipinski definition) is 2. The van der Waals surface area contributed by atoms with Crippen molar-refractivity contribution in [2.24, 2.45) is 5.92 Å². The number of rotatable bonds is 7. The average Bonchev–Trinajstić information content (AvgIpc) is 3.19. The molecule has 1 amide bonds. The van der Waals surface area contributed by atoms with Crippen molar-refractivity contribution < 1.29 is 9.18 Å². The van der Waals surface area contributed by atoms with E-state index in [1.165, 1.54) is 29.8 Å². The Morgan fingerprint density at radius 1 is 0.971 bits per heavy atom. The molecule has 6 nitrogen and oxygen atoms in total. The number of hydrogen-bond acceptors (Lipinski definition) is 3. The lowest BCUT2D eigenvalue weighted by Crippen LogP contribution is -2.49. The third kappa shape index (κ3) is 5.35. The first-order valence-electron chi connectivity index (χ1n) is 12.1. The highest BCUT2D eigenvalue weighted by molar-refractivity contribution is 5.94. The molecule has 180 valence electrons. The molecule has 3 aromatic carbocycles. The fourth-order valence-electron chi connectivity index (χ4n) is 5.03. The molecule has 1 saturated heterocycles. The van der Waals surface area contributed by atoms with Gasteiger partial charge in [-0.2, -0.15) is 0 Å². The molecule has 0 radical (unpaired) electrons. The van der Waals surface area contributed by atoms with Gasteiger partial charge in [0.1, 0.15) is 5.82 Å². The number of carbonyl (C=O) groups excluding carboxylic acids is 1. The van der Waals surface area contributed by atoms with E-state index in [4.69, 9.17) is 0 Å². The predicted molar refractivity (Wildman–Crippen MR) is 135 cm³/mol. The molecule has 0 saturated carbocycles. The molecule has 2 N–H and O–H groups in total. The fraction of sp³-hybridized carbons (Fsp3) is 0.286. The summed E-state index contributed by atoms with van der Waals surface area (Å²) in [5, 5.41) is 3.03. The van der Waals surface area contributed by atoms with Crippen molar-refractivity contribution in [2.45, 2.75) is 32.0 Å². The summed E-state index contributed by atoms with van der Waals surface area (Å²) < 4.78 is 15.1. The lowest BCUT2D eigenvalue weighted by Gasteiger charge is -2.40. The van der Waals surface area contributed by atoms with Crippen molar-refractivity contribution >= 4 is 16.9 Å². The number of amides is 1. The Labute approximate surface area is 203 Å². The van der Waals surface area contributed by atoms with Gasteiger partial charge in [0.15, 0.2) is 0 Å². The molecule has 2 heterocycles. The van der Waals surface area contributed by atoms with Crippen LogP contribution < -0.4 is 11.0 Å². The first-order chi connectivity index (χ1) is 17.1. The number of imidazole rings is 1. The Hall–Kier alpha value is -3.71. The highest BCUT2D eigenvalue weighted by Gasteiger charge is 2.29. The Morgan fingerprint density at radius 2 is 1.71 bits per heavy atom. The molecule has 4 aromatic rings.